The average molecular weight is 326 g/mol. The summed E-state index contributed by atoms with van der Waals surface area (Å²) in [5.74, 6) is 0.347. The topological polar surface area (TPSA) is 75.4 Å². The molecule has 6 heteroatoms. The summed E-state index contributed by atoms with van der Waals surface area (Å²) in [6.07, 6.45) is 1.51. The molecule has 0 bridgehead atoms. The van der Waals surface area contributed by atoms with Crippen molar-refractivity contribution in [1.29, 1.82) is 0 Å². The lowest BCUT2D eigenvalue weighted by Crippen LogP contribution is -2.34. The Morgan fingerprint density at radius 2 is 2.17 bits per heavy atom. The van der Waals surface area contributed by atoms with Crippen LogP contribution in [0, 0.1) is 0 Å². The van der Waals surface area contributed by atoms with Crippen molar-refractivity contribution >= 4 is 17.2 Å². The average Bonchev–Trinajstić information content (AvgIpc) is 3.27. The molecule has 2 atom stereocenters. The monoisotopic (exact) mass is 326 g/mol. The van der Waals surface area contributed by atoms with Gasteiger partial charge >= 0.3 is 0 Å². The zero-order valence-electron chi connectivity index (χ0n) is 12.1. The van der Waals surface area contributed by atoms with E-state index in [0.29, 0.717) is 22.9 Å². The Morgan fingerprint density at radius 3 is 3.00 bits per heavy atom. The molecule has 2 aromatic heterocycles. The van der Waals surface area contributed by atoms with Gasteiger partial charge in [0.25, 0.3) is 5.91 Å². The SMILES string of the molecule is O=C(NC1c2ccccc2CC1O)c1csc(-c2ccco2)n1. The second kappa shape index (κ2) is 5.64. The molecule has 0 radical (unpaired) electrons. The fraction of sp³-hybridized carbons (Fsp3) is 0.176. The molecule has 1 amide bonds. The zero-order valence-corrected chi connectivity index (χ0v) is 12.9. The maximum absolute atomic E-state index is 12.4. The predicted octanol–water partition coefficient (Wildman–Crippen LogP) is 2.79. The highest BCUT2D eigenvalue weighted by Crippen LogP contribution is 2.31. The summed E-state index contributed by atoms with van der Waals surface area (Å²) in [7, 11) is 0. The zero-order chi connectivity index (χ0) is 15.8. The number of hydrogen-bond donors (Lipinski definition) is 2. The third kappa shape index (κ3) is 2.56. The molecule has 2 unspecified atom stereocenters. The Morgan fingerprint density at radius 1 is 1.30 bits per heavy atom. The lowest BCUT2D eigenvalue weighted by atomic mass is 10.1. The molecule has 0 spiro atoms. The van der Waals surface area contributed by atoms with Crippen LogP contribution in [0.25, 0.3) is 10.8 Å². The van der Waals surface area contributed by atoms with Crippen molar-refractivity contribution in [3.8, 4) is 10.8 Å². The number of aliphatic hydroxyl groups is 1. The molecule has 116 valence electrons. The molecule has 0 saturated heterocycles. The van der Waals surface area contributed by atoms with Crippen LogP contribution >= 0.6 is 11.3 Å². The summed E-state index contributed by atoms with van der Waals surface area (Å²) >= 11 is 1.35. The number of nitrogens with zero attached hydrogens (tertiary/aromatic N) is 1. The minimum absolute atomic E-state index is 0.292. The Bertz CT molecular complexity index is 841. The molecule has 0 saturated carbocycles. The molecule has 2 N–H and O–H groups in total. The first-order valence-electron chi connectivity index (χ1n) is 7.28. The summed E-state index contributed by atoms with van der Waals surface area (Å²) in [5.41, 5.74) is 2.37. The highest BCUT2D eigenvalue weighted by molar-refractivity contribution is 7.13. The number of rotatable bonds is 3. The number of nitrogens with one attached hydrogen (secondary N) is 1. The van der Waals surface area contributed by atoms with E-state index in [9.17, 15) is 9.90 Å². The first-order chi connectivity index (χ1) is 11.2. The first kappa shape index (κ1) is 14.2. The third-order valence-electron chi connectivity index (χ3n) is 3.96. The lowest BCUT2D eigenvalue weighted by Gasteiger charge is -2.17. The lowest BCUT2D eigenvalue weighted by molar-refractivity contribution is 0.0854. The van der Waals surface area contributed by atoms with Gasteiger partial charge in [-0.15, -0.1) is 11.3 Å². The van der Waals surface area contributed by atoms with E-state index in [4.69, 9.17) is 4.42 Å². The predicted molar refractivity (Wildman–Crippen MR) is 86.2 cm³/mol. The number of hydrogen-bond acceptors (Lipinski definition) is 5. The number of benzene rings is 1. The van der Waals surface area contributed by atoms with Crippen molar-refractivity contribution < 1.29 is 14.3 Å². The van der Waals surface area contributed by atoms with Crippen LogP contribution in [-0.4, -0.2) is 22.1 Å². The Hall–Kier alpha value is -2.44. The van der Waals surface area contributed by atoms with Crippen LogP contribution in [0.3, 0.4) is 0 Å². The van der Waals surface area contributed by atoms with E-state index in [2.05, 4.69) is 10.3 Å². The molecule has 3 aromatic rings. The molecule has 1 aliphatic carbocycles. The largest absolute Gasteiger partial charge is 0.462 e. The van der Waals surface area contributed by atoms with Gasteiger partial charge in [-0.1, -0.05) is 24.3 Å². The first-order valence-corrected chi connectivity index (χ1v) is 8.16. The third-order valence-corrected chi connectivity index (χ3v) is 4.82. The minimum Gasteiger partial charge on any atom is -0.462 e. The minimum atomic E-state index is -0.612. The molecular formula is C17H14N2O3S. The van der Waals surface area contributed by atoms with Crippen LogP contribution in [-0.2, 0) is 6.42 Å². The standard InChI is InChI=1S/C17H14N2O3S/c20-13-8-10-4-1-2-5-11(10)15(13)19-16(21)12-9-23-17(18-12)14-6-3-7-22-14/h1-7,9,13,15,20H,8H2,(H,19,21). The highest BCUT2D eigenvalue weighted by Gasteiger charge is 2.32. The van der Waals surface area contributed by atoms with E-state index >= 15 is 0 Å². The molecule has 0 aliphatic heterocycles. The van der Waals surface area contributed by atoms with Crippen molar-refractivity contribution in [2.75, 3.05) is 0 Å². The molecule has 2 heterocycles. The fourth-order valence-electron chi connectivity index (χ4n) is 2.85. The molecule has 4 rings (SSSR count). The number of thiazole rings is 1. The van der Waals surface area contributed by atoms with E-state index in [1.165, 1.54) is 11.3 Å². The quantitative estimate of drug-likeness (QED) is 0.776. The van der Waals surface area contributed by atoms with Gasteiger partial charge in [0, 0.05) is 11.8 Å². The van der Waals surface area contributed by atoms with Gasteiger partial charge in [0.05, 0.1) is 18.4 Å². The van der Waals surface area contributed by atoms with Gasteiger partial charge in [0.1, 0.15) is 5.69 Å². The van der Waals surface area contributed by atoms with Gasteiger partial charge in [0.15, 0.2) is 10.8 Å². The summed E-state index contributed by atoms with van der Waals surface area (Å²) in [5, 5.41) is 15.5. The highest BCUT2D eigenvalue weighted by atomic mass is 32.1. The summed E-state index contributed by atoms with van der Waals surface area (Å²) in [6.45, 7) is 0. The fourth-order valence-corrected chi connectivity index (χ4v) is 3.62. The molecule has 23 heavy (non-hydrogen) atoms. The van der Waals surface area contributed by atoms with Gasteiger partial charge in [-0.2, -0.15) is 0 Å². The van der Waals surface area contributed by atoms with Gasteiger partial charge in [0.2, 0.25) is 0 Å². The van der Waals surface area contributed by atoms with Crippen molar-refractivity contribution in [2.24, 2.45) is 0 Å². The van der Waals surface area contributed by atoms with Crippen LogP contribution in [0.1, 0.15) is 27.7 Å². The van der Waals surface area contributed by atoms with Crippen LogP contribution in [0.5, 0.6) is 0 Å². The van der Waals surface area contributed by atoms with Crippen molar-refractivity contribution in [3.63, 3.8) is 0 Å². The summed E-state index contributed by atoms with van der Waals surface area (Å²) in [6, 6.07) is 10.9. The number of amides is 1. The molecule has 0 fully saturated rings. The van der Waals surface area contributed by atoms with Crippen molar-refractivity contribution in [3.05, 3.63) is 64.9 Å². The van der Waals surface area contributed by atoms with Crippen molar-refractivity contribution in [2.45, 2.75) is 18.6 Å². The number of carbonyl (C=O) groups is 1. The van der Waals surface area contributed by atoms with Gasteiger partial charge in [-0.05, 0) is 23.3 Å². The number of carbonyl (C=O) groups excluding carboxylic acids is 1. The van der Waals surface area contributed by atoms with Gasteiger partial charge in [-0.25, -0.2) is 4.98 Å². The number of furan rings is 1. The normalized spacial score (nSPS) is 19.5. The van der Waals surface area contributed by atoms with E-state index < -0.39 is 12.1 Å². The number of aromatic nitrogens is 1. The van der Waals surface area contributed by atoms with E-state index in [1.54, 1.807) is 23.8 Å². The number of fused-ring (bicyclic) bond motifs is 1. The molecule has 5 nitrogen and oxygen atoms in total. The van der Waals surface area contributed by atoms with E-state index in [-0.39, 0.29) is 5.91 Å². The van der Waals surface area contributed by atoms with Crippen LogP contribution in [0.15, 0.2) is 52.5 Å². The Labute approximate surface area is 136 Å². The maximum Gasteiger partial charge on any atom is 0.271 e. The van der Waals surface area contributed by atoms with Crippen molar-refractivity contribution in [1.82, 2.24) is 10.3 Å². The smallest absolute Gasteiger partial charge is 0.271 e. The van der Waals surface area contributed by atoms with Crippen LogP contribution in [0.4, 0.5) is 0 Å². The van der Waals surface area contributed by atoms with Gasteiger partial charge < -0.3 is 14.8 Å². The molecule has 1 aliphatic rings. The number of aliphatic hydroxyl groups excluding tert-OH is 1. The summed E-state index contributed by atoms with van der Waals surface area (Å²) in [4.78, 5) is 16.7. The second-order valence-electron chi connectivity index (χ2n) is 5.44. The maximum atomic E-state index is 12.4. The molecule has 1 aromatic carbocycles. The summed E-state index contributed by atoms with van der Waals surface area (Å²) < 4.78 is 5.29. The Kier molecular flexibility index (Phi) is 3.48. The Balaban J connectivity index is 1.55. The van der Waals surface area contributed by atoms with Crippen LogP contribution < -0.4 is 5.32 Å². The molecular weight excluding hydrogens is 312 g/mol. The second-order valence-corrected chi connectivity index (χ2v) is 6.29. The van der Waals surface area contributed by atoms with Gasteiger partial charge in [-0.3, -0.25) is 4.79 Å². The van der Waals surface area contributed by atoms with E-state index in [0.717, 1.165) is 11.1 Å². The van der Waals surface area contributed by atoms with Crippen LogP contribution in [0.2, 0.25) is 0 Å². The van der Waals surface area contributed by atoms with E-state index in [1.807, 2.05) is 24.3 Å².